The first kappa shape index (κ1) is 20.7. The highest BCUT2D eigenvalue weighted by atomic mass is 16.5. The molecule has 34 heavy (non-hydrogen) atoms. The maximum absolute atomic E-state index is 5.94. The quantitative estimate of drug-likeness (QED) is 0.387. The third kappa shape index (κ3) is 3.88. The summed E-state index contributed by atoms with van der Waals surface area (Å²) in [6, 6.07) is 19.8. The fourth-order valence-electron chi connectivity index (χ4n) is 4.91. The summed E-state index contributed by atoms with van der Waals surface area (Å²) in [7, 11) is 0. The molecular formula is C27H26N6O. The molecule has 1 aliphatic rings. The SMILES string of the molecule is NCC1CCC(c2nc(-c3ccc4ccc(Oc5ccccc5)nc4c3)c3cncnn23)CC1. The van der Waals surface area contributed by atoms with Crippen molar-refractivity contribution in [1.82, 2.24) is 24.6 Å². The number of ether oxygens (including phenoxy) is 1. The number of nitrogens with zero attached hydrogens (tertiary/aromatic N) is 5. The number of rotatable bonds is 5. The Morgan fingerprint density at radius 3 is 2.59 bits per heavy atom. The van der Waals surface area contributed by atoms with Crippen molar-refractivity contribution in [3.8, 4) is 22.9 Å². The number of imidazole rings is 1. The van der Waals surface area contributed by atoms with Crippen LogP contribution in [-0.2, 0) is 0 Å². The van der Waals surface area contributed by atoms with Crippen molar-refractivity contribution in [2.45, 2.75) is 31.6 Å². The molecule has 0 saturated heterocycles. The van der Waals surface area contributed by atoms with Gasteiger partial charge >= 0.3 is 0 Å². The Labute approximate surface area is 197 Å². The molecule has 3 heterocycles. The van der Waals surface area contributed by atoms with Crippen molar-refractivity contribution in [2.24, 2.45) is 11.7 Å². The Hall–Kier alpha value is -3.84. The van der Waals surface area contributed by atoms with Crippen LogP contribution < -0.4 is 10.5 Å². The highest BCUT2D eigenvalue weighted by Crippen LogP contribution is 2.37. The molecule has 2 N–H and O–H groups in total. The van der Waals surface area contributed by atoms with Crippen LogP contribution >= 0.6 is 0 Å². The number of benzene rings is 2. The number of nitrogens with two attached hydrogens (primary N) is 1. The second kappa shape index (κ2) is 8.83. The van der Waals surface area contributed by atoms with Gasteiger partial charge in [-0.1, -0.05) is 30.3 Å². The van der Waals surface area contributed by atoms with Crippen LogP contribution in [0.3, 0.4) is 0 Å². The Balaban J connectivity index is 1.38. The molecule has 0 unspecified atom stereocenters. The molecule has 170 valence electrons. The lowest BCUT2D eigenvalue weighted by atomic mass is 9.82. The molecular weight excluding hydrogens is 424 g/mol. The molecule has 1 fully saturated rings. The lowest BCUT2D eigenvalue weighted by Gasteiger charge is -2.26. The number of aromatic nitrogens is 5. The maximum Gasteiger partial charge on any atom is 0.219 e. The lowest BCUT2D eigenvalue weighted by Crippen LogP contribution is -2.21. The van der Waals surface area contributed by atoms with E-state index in [9.17, 15) is 0 Å². The molecule has 2 aromatic carbocycles. The Kier molecular flexibility index (Phi) is 5.39. The standard InChI is InChI=1S/C27H26N6O/c28-15-18-6-8-20(9-7-18)27-32-26(24-16-29-17-30-33(24)27)21-11-10-19-12-13-25(31-23(19)14-21)34-22-4-2-1-3-5-22/h1-5,10-14,16-18,20H,6-9,15,28H2. The first-order valence-corrected chi connectivity index (χ1v) is 11.8. The van der Waals surface area contributed by atoms with E-state index in [1.54, 1.807) is 6.33 Å². The smallest absolute Gasteiger partial charge is 0.219 e. The second-order valence-electron chi connectivity index (χ2n) is 8.95. The summed E-state index contributed by atoms with van der Waals surface area (Å²) >= 11 is 0. The fourth-order valence-corrected chi connectivity index (χ4v) is 4.91. The molecule has 0 bridgehead atoms. The average molecular weight is 451 g/mol. The van der Waals surface area contributed by atoms with Crippen LogP contribution in [0.1, 0.15) is 37.4 Å². The molecule has 0 amide bonds. The first-order chi connectivity index (χ1) is 16.8. The minimum atomic E-state index is 0.378. The van der Waals surface area contributed by atoms with Crippen molar-refractivity contribution >= 4 is 16.4 Å². The van der Waals surface area contributed by atoms with E-state index in [2.05, 4.69) is 28.3 Å². The van der Waals surface area contributed by atoms with Gasteiger partial charge in [-0.2, -0.15) is 5.10 Å². The lowest BCUT2D eigenvalue weighted by molar-refractivity contribution is 0.323. The van der Waals surface area contributed by atoms with Crippen molar-refractivity contribution in [3.63, 3.8) is 0 Å². The van der Waals surface area contributed by atoms with Gasteiger partial charge in [0.15, 0.2) is 0 Å². The van der Waals surface area contributed by atoms with Gasteiger partial charge in [-0.05, 0) is 62.4 Å². The van der Waals surface area contributed by atoms with Gasteiger partial charge in [0.1, 0.15) is 23.4 Å². The number of hydrogen-bond donors (Lipinski definition) is 1. The van der Waals surface area contributed by atoms with E-state index in [-0.39, 0.29) is 0 Å². The third-order valence-corrected chi connectivity index (χ3v) is 6.80. The molecule has 0 spiro atoms. The number of hydrogen-bond acceptors (Lipinski definition) is 6. The molecule has 5 aromatic rings. The van der Waals surface area contributed by atoms with Crippen molar-refractivity contribution in [2.75, 3.05) is 6.54 Å². The summed E-state index contributed by atoms with van der Waals surface area (Å²) in [4.78, 5) is 14.1. The van der Waals surface area contributed by atoms with Crippen LogP contribution in [-0.4, -0.2) is 31.1 Å². The van der Waals surface area contributed by atoms with Gasteiger partial charge in [-0.3, -0.25) is 0 Å². The summed E-state index contributed by atoms with van der Waals surface area (Å²) in [6.45, 7) is 0.766. The van der Waals surface area contributed by atoms with Gasteiger partial charge in [0.25, 0.3) is 0 Å². The number of fused-ring (bicyclic) bond motifs is 2. The van der Waals surface area contributed by atoms with E-state index < -0.39 is 0 Å². The van der Waals surface area contributed by atoms with E-state index >= 15 is 0 Å². The molecule has 3 aromatic heterocycles. The highest BCUT2D eigenvalue weighted by molar-refractivity contribution is 5.87. The van der Waals surface area contributed by atoms with Crippen LogP contribution in [0.25, 0.3) is 27.7 Å². The number of pyridine rings is 1. The maximum atomic E-state index is 5.94. The summed E-state index contributed by atoms with van der Waals surface area (Å²) in [6.07, 6.45) is 7.88. The normalized spacial score (nSPS) is 18.4. The van der Waals surface area contributed by atoms with Crippen LogP contribution in [0.4, 0.5) is 0 Å². The van der Waals surface area contributed by atoms with Gasteiger partial charge in [-0.15, -0.1) is 0 Å². The molecule has 0 radical (unpaired) electrons. The minimum absolute atomic E-state index is 0.378. The van der Waals surface area contributed by atoms with Crippen molar-refractivity contribution < 1.29 is 4.74 Å². The molecule has 7 heteroatoms. The summed E-state index contributed by atoms with van der Waals surface area (Å²) in [5, 5.41) is 5.59. The molecule has 0 aliphatic heterocycles. The van der Waals surface area contributed by atoms with Gasteiger partial charge in [-0.25, -0.2) is 19.5 Å². The van der Waals surface area contributed by atoms with Crippen LogP contribution in [0.2, 0.25) is 0 Å². The molecule has 1 aliphatic carbocycles. The molecule has 7 nitrogen and oxygen atoms in total. The monoisotopic (exact) mass is 450 g/mol. The Morgan fingerprint density at radius 1 is 0.941 bits per heavy atom. The minimum Gasteiger partial charge on any atom is -0.439 e. The zero-order chi connectivity index (χ0) is 22.9. The van der Waals surface area contributed by atoms with E-state index in [0.717, 1.165) is 71.5 Å². The first-order valence-electron chi connectivity index (χ1n) is 11.8. The fraction of sp³-hybridized carbons (Fsp3) is 0.259. The zero-order valence-electron chi connectivity index (χ0n) is 18.8. The van der Waals surface area contributed by atoms with E-state index in [4.69, 9.17) is 20.4 Å². The molecule has 0 atom stereocenters. The summed E-state index contributed by atoms with van der Waals surface area (Å²) in [5.74, 6) is 3.33. The van der Waals surface area contributed by atoms with Gasteiger partial charge in [0, 0.05) is 22.9 Å². The van der Waals surface area contributed by atoms with Crippen LogP contribution in [0.5, 0.6) is 11.6 Å². The third-order valence-electron chi connectivity index (χ3n) is 6.80. The Bertz CT molecular complexity index is 1440. The van der Waals surface area contributed by atoms with E-state index in [0.29, 0.717) is 17.7 Å². The van der Waals surface area contributed by atoms with Crippen molar-refractivity contribution in [1.29, 1.82) is 0 Å². The van der Waals surface area contributed by atoms with E-state index in [1.165, 1.54) is 0 Å². The predicted molar refractivity (Wildman–Crippen MR) is 132 cm³/mol. The Morgan fingerprint density at radius 2 is 1.76 bits per heavy atom. The van der Waals surface area contributed by atoms with Crippen molar-refractivity contribution in [3.05, 3.63) is 79.0 Å². The van der Waals surface area contributed by atoms with Gasteiger partial charge in [0.2, 0.25) is 5.88 Å². The number of para-hydroxylation sites is 1. The van der Waals surface area contributed by atoms with E-state index in [1.807, 2.05) is 53.2 Å². The average Bonchev–Trinajstić information content (AvgIpc) is 3.29. The largest absolute Gasteiger partial charge is 0.439 e. The molecule has 6 rings (SSSR count). The predicted octanol–water partition coefficient (Wildman–Crippen LogP) is 5.36. The van der Waals surface area contributed by atoms with Crippen LogP contribution in [0, 0.1) is 5.92 Å². The van der Waals surface area contributed by atoms with Gasteiger partial charge < -0.3 is 10.5 Å². The second-order valence-corrected chi connectivity index (χ2v) is 8.95. The zero-order valence-corrected chi connectivity index (χ0v) is 18.8. The van der Waals surface area contributed by atoms with Crippen LogP contribution in [0.15, 0.2) is 73.2 Å². The highest BCUT2D eigenvalue weighted by Gasteiger charge is 2.27. The summed E-state index contributed by atoms with van der Waals surface area (Å²) in [5.41, 5.74) is 9.54. The topological polar surface area (TPSA) is 91.2 Å². The molecule has 1 saturated carbocycles. The van der Waals surface area contributed by atoms with Gasteiger partial charge in [0.05, 0.1) is 17.4 Å². The summed E-state index contributed by atoms with van der Waals surface area (Å²) < 4.78 is 7.90.